The molecule has 1 aliphatic heterocycles. The van der Waals surface area contributed by atoms with Crippen LogP contribution in [0.15, 0.2) is 48.8 Å². The molecule has 5 heteroatoms. The topological polar surface area (TPSA) is 64.1 Å². The summed E-state index contributed by atoms with van der Waals surface area (Å²) < 4.78 is 5.46. The predicted octanol–water partition coefficient (Wildman–Crippen LogP) is 2.45. The Balaban J connectivity index is 1.54. The first-order chi connectivity index (χ1) is 11.3. The van der Waals surface area contributed by atoms with E-state index in [1.807, 2.05) is 30.3 Å². The minimum Gasteiger partial charge on any atom is -0.376 e. The quantitative estimate of drug-likeness (QED) is 0.862. The maximum Gasteiger partial charge on any atom is 0.244 e. The smallest absolute Gasteiger partial charge is 0.244 e. The van der Waals surface area contributed by atoms with Gasteiger partial charge in [0.05, 0.1) is 6.10 Å². The highest BCUT2D eigenvalue weighted by Crippen LogP contribution is 2.13. The lowest BCUT2D eigenvalue weighted by Crippen LogP contribution is -2.30. The number of benzene rings is 1. The normalized spacial score (nSPS) is 17.5. The monoisotopic (exact) mass is 309 g/mol. The van der Waals surface area contributed by atoms with Crippen LogP contribution in [0.1, 0.15) is 18.4 Å². The van der Waals surface area contributed by atoms with Gasteiger partial charge in [0.25, 0.3) is 0 Å². The van der Waals surface area contributed by atoms with Gasteiger partial charge in [0.1, 0.15) is 0 Å². The van der Waals surface area contributed by atoms with Gasteiger partial charge in [0.2, 0.25) is 5.91 Å². The molecule has 0 spiro atoms. The summed E-state index contributed by atoms with van der Waals surface area (Å²) in [6.45, 7) is 1.36. The lowest BCUT2D eigenvalue weighted by atomic mass is 10.2. The molecule has 1 saturated heterocycles. The summed E-state index contributed by atoms with van der Waals surface area (Å²) in [7, 11) is 0. The number of nitrogens with one attached hydrogen (secondary N) is 1. The van der Waals surface area contributed by atoms with Gasteiger partial charge in [0, 0.05) is 42.7 Å². The Kier molecular flexibility index (Phi) is 5.11. The van der Waals surface area contributed by atoms with Crippen molar-refractivity contribution in [1.82, 2.24) is 15.3 Å². The van der Waals surface area contributed by atoms with Crippen molar-refractivity contribution in [2.45, 2.75) is 18.9 Å². The maximum atomic E-state index is 11.8. The third kappa shape index (κ3) is 4.47. The highest BCUT2D eigenvalue weighted by atomic mass is 16.5. The summed E-state index contributed by atoms with van der Waals surface area (Å²) in [6, 6.07) is 9.78. The SMILES string of the molecule is O=C(/C=C/c1cnc(-c2ccccc2)nc1)NC[C@@H]1CCCO1. The summed E-state index contributed by atoms with van der Waals surface area (Å²) in [5, 5.41) is 2.84. The third-order valence-electron chi connectivity index (χ3n) is 3.66. The summed E-state index contributed by atoms with van der Waals surface area (Å²) in [5.41, 5.74) is 1.76. The minimum absolute atomic E-state index is 0.132. The van der Waals surface area contributed by atoms with Crippen molar-refractivity contribution in [3.05, 3.63) is 54.4 Å². The Morgan fingerprint density at radius 1 is 1.26 bits per heavy atom. The highest BCUT2D eigenvalue weighted by molar-refractivity contribution is 5.91. The zero-order valence-corrected chi connectivity index (χ0v) is 12.8. The first-order valence-electron chi connectivity index (χ1n) is 7.76. The lowest BCUT2D eigenvalue weighted by molar-refractivity contribution is -0.116. The van der Waals surface area contributed by atoms with Gasteiger partial charge in [-0.25, -0.2) is 9.97 Å². The van der Waals surface area contributed by atoms with Crippen LogP contribution >= 0.6 is 0 Å². The first kappa shape index (κ1) is 15.4. The van der Waals surface area contributed by atoms with Gasteiger partial charge in [-0.15, -0.1) is 0 Å². The van der Waals surface area contributed by atoms with E-state index in [0.29, 0.717) is 12.4 Å². The lowest BCUT2D eigenvalue weighted by Gasteiger charge is -2.08. The van der Waals surface area contributed by atoms with E-state index >= 15 is 0 Å². The van der Waals surface area contributed by atoms with Crippen molar-refractivity contribution < 1.29 is 9.53 Å². The Morgan fingerprint density at radius 3 is 2.74 bits per heavy atom. The zero-order chi connectivity index (χ0) is 15.9. The van der Waals surface area contributed by atoms with Crippen LogP contribution < -0.4 is 5.32 Å². The number of rotatable bonds is 5. The number of amides is 1. The minimum atomic E-state index is -0.132. The number of carbonyl (C=O) groups is 1. The van der Waals surface area contributed by atoms with Gasteiger partial charge < -0.3 is 10.1 Å². The fourth-order valence-corrected chi connectivity index (χ4v) is 2.41. The molecule has 1 aromatic heterocycles. The van der Waals surface area contributed by atoms with E-state index in [1.54, 1.807) is 18.5 Å². The molecule has 5 nitrogen and oxygen atoms in total. The zero-order valence-electron chi connectivity index (χ0n) is 12.8. The molecule has 1 atom stereocenters. The molecule has 1 fully saturated rings. The number of ether oxygens (including phenoxy) is 1. The summed E-state index contributed by atoms with van der Waals surface area (Å²) in [5.74, 6) is 0.540. The number of carbonyl (C=O) groups excluding carboxylic acids is 1. The number of nitrogens with zero attached hydrogens (tertiary/aromatic N) is 2. The molecule has 2 heterocycles. The van der Waals surface area contributed by atoms with E-state index in [9.17, 15) is 4.79 Å². The molecule has 0 bridgehead atoms. The Morgan fingerprint density at radius 2 is 2.04 bits per heavy atom. The Hall–Kier alpha value is -2.53. The second-order valence-electron chi connectivity index (χ2n) is 5.42. The Labute approximate surface area is 135 Å². The highest BCUT2D eigenvalue weighted by Gasteiger charge is 2.15. The second kappa shape index (κ2) is 7.65. The molecular formula is C18H19N3O2. The van der Waals surface area contributed by atoms with Gasteiger partial charge in [-0.1, -0.05) is 30.3 Å². The summed E-state index contributed by atoms with van der Waals surface area (Å²) in [6.07, 6.45) is 8.86. The molecule has 0 aliphatic carbocycles. The van der Waals surface area contributed by atoms with Gasteiger partial charge >= 0.3 is 0 Å². The fraction of sp³-hybridized carbons (Fsp3) is 0.278. The molecule has 1 aliphatic rings. The van der Waals surface area contributed by atoms with Crippen LogP contribution in [0.3, 0.4) is 0 Å². The average molecular weight is 309 g/mol. The van der Waals surface area contributed by atoms with Crippen molar-refractivity contribution in [2.75, 3.05) is 13.2 Å². The standard InChI is InChI=1S/C18H19N3O2/c22-17(19-13-16-7-4-10-23-16)9-8-14-11-20-18(21-12-14)15-5-2-1-3-6-15/h1-3,5-6,8-9,11-12,16H,4,7,10,13H2,(H,19,22)/b9-8+/t16-/m0/s1. The first-order valence-corrected chi connectivity index (χ1v) is 7.76. The molecule has 1 aromatic carbocycles. The molecule has 0 unspecified atom stereocenters. The van der Waals surface area contributed by atoms with Crippen LogP contribution in [0.5, 0.6) is 0 Å². The number of hydrogen-bond acceptors (Lipinski definition) is 4. The molecule has 118 valence electrons. The number of hydrogen-bond donors (Lipinski definition) is 1. The van der Waals surface area contributed by atoms with Crippen molar-refractivity contribution in [1.29, 1.82) is 0 Å². The summed E-state index contributed by atoms with van der Waals surface area (Å²) in [4.78, 5) is 20.4. The largest absolute Gasteiger partial charge is 0.376 e. The predicted molar refractivity (Wildman–Crippen MR) is 88.5 cm³/mol. The maximum absolute atomic E-state index is 11.8. The molecule has 1 N–H and O–H groups in total. The molecule has 0 saturated carbocycles. The van der Waals surface area contributed by atoms with Crippen molar-refractivity contribution in [3.63, 3.8) is 0 Å². The third-order valence-corrected chi connectivity index (χ3v) is 3.66. The van der Waals surface area contributed by atoms with E-state index < -0.39 is 0 Å². The van der Waals surface area contributed by atoms with Crippen molar-refractivity contribution >= 4 is 12.0 Å². The second-order valence-corrected chi connectivity index (χ2v) is 5.42. The molecule has 3 rings (SSSR count). The van der Waals surface area contributed by atoms with Crippen LogP contribution in [0, 0.1) is 0 Å². The van der Waals surface area contributed by atoms with Gasteiger partial charge in [0.15, 0.2) is 5.82 Å². The van der Waals surface area contributed by atoms with Gasteiger partial charge in [-0.05, 0) is 18.9 Å². The Bertz CT molecular complexity index is 662. The van der Waals surface area contributed by atoms with E-state index in [0.717, 1.165) is 30.6 Å². The van der Waals surface area contributed by atoms with E-state index in [2.05, 4.69) is 15.3 Å². The van der Waals surface area contributed by atoms with Gasteiger partial charge in [-0.2, -0.15) is 0 Å². The molecular weight excluding hydrogens is 290 g/mol. The van der Waals surface area contributed by atoms with Crippen molar-refractivity contribution in [2.24, 2.45) is 0 Å². The van der Waals surface area contributed by atoms with Gasteiger partial charge in [-0.3, -0.25) is 4.79 Å². The van der Waals surface area contributed by atoms with Crippen molar-refractivity contribution in [3.8, 4) is 11.4 Å². The molecule has 1 amide bonds. The number of aromatic nitrogens is 2. The van der Waals surface area contributed by atoms with E-state index in [-0.39, 0.29) is 12.0 Å². The van der Waals surface area contributed by atoms with Crippen LogP contribution in [-0.4, -0.2) is 35.1 Å². The van der Waals surface area contributed by atoms with Crippen LogP contribution in [0.25, 0.3) is 17.5 Å². The molecule has 23 heavy (non-hydrogen) atoms. The van der Waals surface area contributed by atoms with E-state index in [1.165, 1.54) is 6.08 Å². The molecule has 0 radical (unpaired) electrons. The van der Waals surface area contributed by atoms with Crippen LogP contribution in [0.2, 0.25) is 0 Å². The fourth-order valence-electron chi connectivity index (χ4n) is 2.41. The van der Waals surface area contributed by atoms with E-state index in [4.69, 9.17) is 4.74 Å². The average Bonchev–Trinajstić information content (AvgIpc) is 3.13. The molecule has 2 aromatic rings. The summed E-state index contributed by atoms with van der Waals surface area (Å²) >= 11 is 0. The van der Waals surface area contributed by atoms with Crippen LogP contribution in [0.4, 0.5) is 0 Å². The van der Waals surface area contributed by atoms with Crippen LogP contribution in [-0.2, 0) is 9.53 Å².